The van der Waals surface area contributed by atoms with E-state index in [4.69, 9.17) is 5.11 Å². The summed E-state index contributed by atoms with van der Waals surface area (Å²) in [6.45, 7) is 6.97. The summed E-state index contributed by atoms with van der Waals surface area (Å²) >= 11 is 0. The van der Waals surface area contributed by atoms with Crippen LogP contribution in [0, 0.1) is 0 Å². The average molecular weight is 248 g/mol. The van der Waals surface area contributed by atoms with Crippen molar-refractivity contribution in [2.75, 3.05) is 26.7 Å². The Labute approximate surface area is 110 Å². The molecule has 1 saturated heterocycles. The fourth-order valence-electron chi connectivity index (χ4n) is 2.64. The van der Waals surface area contributed by atoms with Gasteiger partial charge in [0.2, 0.25) is 0 Å². The van der Waals surface area contributed by atoms with E-state index < -0.39 is 0 Å². The van der Waals surface area contributed by atoms with Crippen LogP contribution in [-0.2, 0) is 13.2 Å². The molecule has 0 aromatic heterocycles. The maximum absolute atomic E-state index is 9.04. The number of aliphatic hydroxyl groups is 1. The molecule has 18 heavy (non-hydrogen) atoms. The Morgan fingerprint density at radius 2 is 1.83 bits per heavy atom. The Balaban J connectivity index is 1.98. The van der Waals surface area contributed by atoms with Crippen molar-refractivity contribution in [1.82, 2.24) is 9.80 Å². The summed E-state index contributed by atoms with van der Waals surface area (Å²) in [7, 11) is 2.20. The van der Waals surface area contributed by atoms with Crippen molar-refractivity contribution in [3.8, 4) is 0 Å². The molecule has 1 aromatic rings. The van der Waals surface area contributed by atoms with Gasteiger partial charge in [-0.05, 0) is 38.1 Å². The summed E-state index contributed by atoms with van der Waals surface area (Å²) in [5, 5.41) is 9.04. The van der Waals surface area contributed by atoms with E-state index in [-0.39, 0.29) is 6.61 Å². The van der Waals surface area contributed by atoms with E-state index in [9.17, 15) is 0 Å². The van der Waals surface area contributed by atoms with Crippen LogP contribution in [0.1, 0.15) is 24.5 Å². The number of rotatable bonds is 3. The molecule has 2 rings (SSSR count). The van der Waals surface area contributed by atoms with Crippen molar-refractivity contribution in [1.29, 1.82) is 0 Å². The molecule has 1 heterocycles. The number of nitrogens with zero attached hydrogens (tertiary/aromatic N) is 2. The molecule has 0 bridgehead atoms. The van der Waals surface area contributed by atoms with Crippen LogP contribution in [0.25, 0.3) is 0 Å². The molecule has 0 aliphatic carbocycles. The predicted molar refractivity (Wildman–Crippen MR) is 74.4 cm³/mol. The predicted octanol–water partition coefficient (Wildman–Crippen LogP) is 1.70. The first-order valence-electron chi connectivity index (χ1n) is 6.80. The highest BCUT2D eigenvalue weighted by molar-refractivity contribution is 5.22. The van der Waals surface area contributed by atoms with Gasteiger partial charge < -0.3 is 10.0 Å². The lowest BCUT2D eigenvalue weighted by Gasteiger charge is -2.27. The van der Waals surface area contributed by atoms with Crippen molar-refractivity contribution >= 4 is 0 Å². The molecule has 1 aliphatic rings. The van der Waals surface area contributed by atoms with Crippen molar-refractivity contribution in [2.24, 2.45) is 0 Å². The van der Waals surface area contributed by atoms with Gasteiger partial charge in [-0.2, -0.15) is 0 Å². The van der Waals surface area contributed by atoms with Crippen LogP contribution in [0.3, 0.4) is 0 Å². The van der Waals surface area contributed by atoms with Crippen LogP contribution in [0.5, 0.6) is 0 Å². The zero-order valence-electron chi connectivity index (χ0n) is 11.5. The summed E-state index contributed by atoms with van der Waals surface area (Å²) < 4.78 is 0. The molecule has 3 nitrogen and oxygen atoms in total. The maximum atomic E-state index is 9.04. The van der Waals surface area contributed by atoms with Gasteiger partial charge in [-0.1, -0.05) is 24.3 Å². The van der Waals surface area contributed by atoms with E-state index in [2.05, 4.69) is 35.9 Å². The highest BCUT2D eigenvalue weighted by Crippen LogP contribution is 2.14. The second-order valence-electron chi connectivity index (χ2n) is 5.41. The molecule has 0 amide bonds. The quantitative estimate of drug-likeness (QED) is 0.882. The van der Waals surface area contributed by atoms with Gasteiger partial charge in [0, 0.05) is 25.7 Å². The Morgan fingerprint density at radius 3 is 2.50 bits per heavy atom. The van der Waals surface area contributed by atoms with Gasteiger partial charge in [-0.25, -0.2) is 0 Å². The zero-order valence-corrected chi connectivity index (χ0v) is 11.5. The fraction of sp³-hybridized carbons (Fsp3) is 0.600. The van der Waals surface area contributed by atoms with Crippen LogP contribution in [0.4, 0.5) is 0 Å². The third-order valence-corrected chi connectivity index (χ3v) is 3.78. The lowest BCUT2D eigenvalue weighted by Crippen LogP contribution is -2.37. The van der Waals surface area contributed by atoms with Crippen LogP contribution in [0.15, 0.2) is 24.3 Å². The van der Waals surface area contributed by atoms with Crippen molar-refractivity contribution in [2.45, 2.75) is 32.5 Å². The van der Waals surface area contributed by atoms with Gasteiger partial charge in [0.15, 0.2) is 0 Å². The van der Waals surface area contributed by atoms with Crippen LogP contribution in [0.2, 0.25) is 0 Å². The van der Waals surface area contributed by atoms with Crippen LogP contribution < -0.4 is 0 Å². The molecule has 0 saturated carbocycles. The minimum Gasteiger partial charge on any atom is -0.392 e. The molecule has 0 spiro atoms. The van der Waals surface area contributed by atoms with Crippen molar-refractivity contribution < 1.29 is 5.11 Å². The molecule has 1 aromatic carbocycles. The van der Waals surface area contributed by atoms with Gasteiger partial charge in [0.1, 0.15) is 0 Å². The number of likely N-dealkylation sites (N-methyl/N-ethyl adjacent to an activating group) is 1. The molecular weight excluding hydrogens is 224 g/mol. The first kappa shape index (κ1) is 13.5. The Bertz CT molecular complexity index is 363. The standard InChI is InChI=1S/C15H24N2O/c1-13-10-16(2)8-3-9-17(13)11-14-4-6-15(12-18)7-5-14/h4-7,13,18H,3,8-12H2,1-2H3. The minimum atomic E-state index is 0.130. The van der Waals surface area contributed by atoms with E-state index >= 15 is 0 Å². The van der Waals surface area contributed by atoms with Crippen LogP contribution >= 0.6 is 0 Å². The van der Waals surface area contributed by atoms with Crippen molar-refractivity contribution in [3.05, 3.63) is 35.4 Å². The van der Waals surface area contributed by atoms with Gasteiger partial charge in [-0.3, -0.25) is 4.90 Å². The second-order valence-corrected chi connectivity index (χ2v) is 5.41. The number of hydrogen-bond acceptors (Lipinski definition) is 3. The first-order chi connectivity index (χ1) is 8.69. The highest BCUT2D eigenvalue weighted by atomic mass is 16.3. The first-order valence-corrected chi connectivity index (χ1v) is 6.80. The van der Waals surface area contributed by atoms with Gasteiger partial charge in [0.25, 0.3) is 0 Å². The van der Waals surface area contributed by atoms with Crippen LogP contribution in [-0.4, -0.2) is 47.6 Å². The molecule has 0 radical (unpaired) electrons. The van der Waals surface area contributed by atoms with Crippen molar-refractivity contribution in [3.63, 3.8) is 0 Å². The van der Waals surface area contributed by atoms with Gasteiger partial charge in [-0.15, -0.1) is 0 Å². The molecule has 1 fully saturated rings. The van der Waals surface area contributed by atoms with E-state index in [0.717, 1.165) is 18.7 Å². The molecule has 1 unspecified atom stereocenters. The topological polar surface area (TPSA) is 26.7 Å². The van der Waals surface area contributed by atoms with E-state index in [1.54, 1.807) is 0 Å². The molecule has 3 heteroatoms. The third-order valence-electron chi connectivity index (χ3n) is 3.78. The largest absolute Gasteiger partial charge is 0.392 e. The Morgan fingerprint density at radius 1 is 1.17 bits per heavy atom. The third kappa shape index (κ3) is 3.55. The SMILES string of the molecule is CC1CN(C)CCCN1Cc1ccc(CO)cc1. The number of benzene rings is 1. The second kappa shape index (κ2) is 6.32. The maximum Gasteiger partial charge on any atom is 0.0681 e. The van der Waals surface area contributed by atoms with Gasteiger partial charge >= 0.3 is 0 Å². The Kier molecular flexibility index (Phi) is 4.75. The fourth-order valence-corrected chi connectivity index (χ4v) is 2.64. The molecular formula is C15H24N2O. The Hall–Kier alpha value is -0.900. The summed E-state index contributed by atoms with van der Waals surface area (Å²) in [4.78, 5) is 4.97. The minimum absolute atomic E-state index is 0.130. The lowest BCUT2D eigenvalue weighted by molar-refractivity contribution is 0.194. The van der Waals surface area contributed by atoms with E-state index in [0.29, 0.717) is 6.04 Å². The molecule has 1 aliphatic heterocycles. The summed E-state index contributed by atoms with van der Waals surface area (Å²) in [5.74, 6) is 0. The average Bonchev–Trinajstić information content (AvgIpc) is 2.52. The summed E-state index contributed by atoms with van der Waals surface area (Å²) in [6.07, 6.45) is 1.25. The van der Waals surface area contributed by atoms with Gasteiger partial charge in [0.05, 0.1) is 6.61 Å². The normalized spacial score (nSPS) is 22.9. The highest BCUT2D eigenvalue weighted by Gasteiger charge is 2.19. The summed E-state index contributed by atoms with van der Waals surface area (Å²) in [6, 6.07) is 8.91. The number of hydrogen-bond donors (Lipinski definition) is 1. The van der Waals surface area contributed by atoms with E-state index in [1.807, 2.05) is 12.1 Å². The van der Waals surface area contributed by atoms with E-state index in [1.165, 1.54) is 25.1 Å². The monoisotopic (exact) mass is 248 g/mol. The smallest absolute Gasteiger partial charge is 0.0681 e. The molecule has 100 valence electrons. The molecule has 1 atom stereocenters. The summed E-state index contributed by atoms with van der Waals surface area (Å²) in [5.41, 5.74) is 2.33. The zero-order chi connectivity index (χ0) is 13.0. The molecule has 1 N–H and O–H groups in total. The number of aliphatic hydroxyl groups excluding tert-OH is 1. The lowest BCUT2D eigenvalue weighted by atomic mass is 10.1.